The Labute approximate surface area is 118 Å². The van der Waals surface area contributed by atoms with E-state index in [0.717, 1.165) is 0 Å². The summed E-state index contributed by atoms with van der Waals surface area (Å²) < 4.78 is 3.35. The van der Waals surface area contributed by atoms with E-state index in [1.54, 1.807) is 27.2 Å². The molecule has 0 radical (unpaired) electrons. The zero-order valence-corrected chi connectivity index (χ0v) is 11.6. The van der Waals surface area contributed by atoms with Crippen LogP contribution in [0.4, 0.5) is 0 Å². The largest absolute Gasteiger partial charge is 0.277 e. The van der Waals surface area contributed by atoms with Gasteiger partial charge in [-0.3, -0.25) is 13.8 Å². The topological polar surface area (TPSA) is 52.2 Å². The molecule has 2 heterocycles. The molecule has 3 aromatic rings. The van der Waals surface area contributed by atoms with E-state index in [1.165, 1.54) is 0 Å². The highest BCUT2D eigenvalue weighted by Gasteiger charge is 2.15. The van der Waals surface area contributed by atoms with Crippen LogP contribution in [0.15, 0.2) is 23.0 Å². The van der Waals surface area contributed by atoms with Crippen LogP contribution in [-0.2, 0) is 12.4 Å². The Morgan fingerprint density at radius 1 is 1.32 bits per heavy atom. The molecule has 0 N–H and O–H groups in total. The van der Waals surface area contributed by atoms with Gasteiger partial charge in [0, 0.05) is 11.6 Å². The van der Waals surface area contributed by atoms with Gasteiger partial charge in [-0.1, -0.05) is 11.6 Å². The van der Waals surface area contributed by atoms with E-state index in [9.17, 15) is 4.79 Å². The van der Waals surface area contributed by atoms with Gasteiger partial charge in [-0.25, -0.2) is 0 Å². The Morgan fingerprint density at radius 3 is 2.79 bits per heavy atom. The zero-order valence-electron chi connectivity index (χ0n) is 10.1. The van der Waals surface area contributed by atoms with Crippen LogP contribution in [0, 0.1) is 0 Å². The summed E-state index contributed by atoms with van der Waals surface area (Å²) in [6, 6.07) is 5.14. The standard InChI is InChI=1S/C12H10Cl2N4O/c1-2-17-11(19)8-4-3-7(14)5-9(8)18-10(6-13)15-16-12(17)18/h3-5H,2,6H2,1H3. The van der Waals surface area contributed by atoms with Crippen molar-refractivity contribution in [2.75, 3.05) is 0 Å². The monoisotopic (exact) mass is 296 g/mol. The van der Waals surface area contributed by atoms with Crippen molar-refractivity contribution in [2.45, 2.75) is 19.3 Å². The lowest BCUT2D eigenvalue weighted by Gasteiger charge is -2.09. The fourth-order valence-electron chi connectivity index (χ4n) is 2.21. The highest BCUT2D eigenvalue weighted by Crippen LogP contribution is 2.19. The van der Waals surface area contributed by atoms with E-state index in [-0.39, 0.29) is 11.4 Å². The third-order valence-corrected chi connectivity index (χ3v) is 3.54. The van der Waals surface area contributed by atoms with Crippen molar-refractivity contribution in [2.24, 2.45) is 0 Å². The van der Waals surface area contributed by atoms with Crippen LogP contribution in [0.2, 0.25) is 5.02 Å². The zero-order chi connectivity index (χ0) is 13.6. The number of rotatable bonds is 2. The average Bonchev–Trinajstić information content (AvgIpc) is 2.83. The van der Waals surface area contributed by atoms with Crippen LogP contribution in [-0.4, -0.2) is 19.2 Å². The van der Waals surface area contributed by atoms with Gasteiger partial charge in [0.05, 0.1) is 16.8 Å². The number of hydrogen-bond acceptors (Lipinski definition) is 3. The first-order chi connectivity index (χ1) is 9.17. The van der Waals surface area contributed by atoms with Crippen LogP contribution < -0.4 is 5.56 Å². The summed E-state index contributed by atoms with van der Waals surface area (Å²) in [7, 11) is 0. The molecule has 5 nitrogen and oxygen atoms in total. The van der Waals surface area contributed by atoms with Crippen molar-refractivity contribution in [1.82, 2.24) is 19.2 Å². The lowest BCUT2D eigenvalue weighted by molar-refractivity contribution is 0.735. The van der Waals surface area contributed by atoms with Gasteiger partial charge in [0.2, 0.25) is 5.78 Å². The molecule has 0 amide bonds. The van der Waals surface area contributed by atoms with Gasteiger partial charge in [-0.05, 0) is 25.1 Å². The molecule has 3 rings (SSSR count). The smallest absolute Gasteiger partial charge is 0.262 e. The van der Waals surface area contributed by atoms with Gasteiger partial charge >= 0.3 is 0 Å². The third-order valence-electron chi connectivity index (χ3n) is 3.07. The highest BCUT2D eigenvalue weighted by atomic mass is 35.5. The third kappa shape index (κ3) is 1.73. The molecule has 0 saturated heterocycles. The molecule has 0 saturated carbocycles. The van der Waals surface area contributed by atoms with Crippen LogP contribution in [0.5, 0.6) is 0 Å². The summed E-state index contributed by atoms with van der Waals surface area (Å²) in [6.45, 7) is 2.40. The van der Waals surface area contributed by atoms with Gasteiger partial charge in [0.1, 0.15) is 0 Å². The Hall–Kier alpha value is -1.59. The van der Waals surface area contributed by atoms with E-state index < -0.39 is 0 Å². The molecular formula is C12H10Cl2N4O. The number of nitrogens with zero attached hydrogens (tertiary/aromatic N) is 4. The first-order valence-electron chi connectivity index (χ1n) is 5.79. The van der Waals surface area contributed by atoms with Crippen molar-refractivity contribution < 1.29 is 0 Å². The minimum Gasteiger partial charge on any atom is -0.277 e. The number of hydrogen-bond donors (Lipinski definition) is 0. The Bertz CT molecular complexity index is 837. The quantitative estimate of drug-likeness (QED) is 0.683. The SMILES string of the molecule is CCn1c(=O)c2ccc(Cl)cc2n2c(CCl)nnc12. The summed E-state index contributed by atoms with van der Waals surface area (Å²) in [5.74, 6) is 1.29. The van der Waals surface area contributed by atoms with Crippen LogP contribution in [0.1, 0.15) is 12.7 Å². The van der Waals surface area contributed by atoms with E-state index in [1.807, 2.05) is 6.92 Å². The predicted octanol–water partition coefficient (Wildman–Crippen LogP) is 2.46. The van der Waals surface area contributed by atoms with Crippen LogP contribution >= 0.6 is 23.2 Å². The summed E-state index contributed by atoms with van der Waals surface area (Å²) in [5.41, 5.74) is 0.577. The van der Waals surface area contributed by atoms with Crippen molar-refractivity contribution in [1.29, 1.82) is 0 Å². The van der Waals surface area contributed by atoms with Crippen molar-refractivity contribution in [3.63, 3.8) is 0 Å². The number of alkyl halides is 1. The fraction of sp³-hybridized carbons (Fsp3) is 0.250. The number of halogens is 2. The van der Waals surface area contributed by atoms with Crippen molar-refractivity contribution in [3.05, 3.63) is 39.4 Å². The number of aryl methyl sites for hydroxylation is 1. The maximum atomic E-state index is 12.4. The highest BCUT2D eigenvalue weighted by molar-refractivity contribution is 6.31. The summed E-state index contributed by atoms with van der Waals surface area (Å²) in [5, 5.41) is 9.20. The predicted molar refractivity (Wildman–Crippen MR) is 75.0 cm³/mol. The van der Waals surface area contributed by atoms with E-state index in [0.29, 0.717) is 34.1 Å². The minimum absolute atomic E-state index is 0.102. The van der Waals surface area contributed by atoms with Crippen LogP contribution in [0.25, 0.3) is 16.7 Å². The molecule has 19 heavy (non-hydrogen) atoms. The number of aromatic nitrogens is 4. The second-order valence-electron chi connectivity index (χ2n) is 4.10. The molecule has 0 aliphatic carbocycles. The summed E-state index contributed by atoms with van der Waals surface area (Å²) >= 11 is 11.9. The second kappa shape index (κ2) is 4.51. The molecular weight excluding hydrogens is 287 g/mol. The van der Waals surface area contributed by atoms with Gasteiger partial charge in [0.25, 0.3) is 5.56 Å². The molecule has 0 aliphatic heterocycles. The van der Waals surface area contributed by atoms with Gasteiger partial charge in [-0.15, -0.1) is 21.8 Å². The number of benzene rings is 1. The molecule has 2 aromatic heterocycles. The van der Waals surface area contributed by atoms with Gasteiger partial charge in [-0.2, -0.15) is 0 Å². The van der Waals surface area contributed by atoms with Crippen LogP contribution in [0.3, 0.4) is 0 Å². The van der Waals surface area contributed by atoms with Gasteiger partial charge < -0.3 is 0 Å². The molecule has 0 unspecified atom stereocenters. The van der Waals surface area contributed by atoms with Gasteiger partial charge in [0.15, 0.2) is 5.82 Å². The lowest BCUT2D eigenvalue weighted by Crippen LogP contribution is -2.22. The molecule has 0 bridgehead atoms. The lowest BCUT2D eigenvalue weighted by atomic mass is 10.2. The minimum atomic E-state index is -0.102. The first kappa shape index (κ1) is 12.4. The van der Waals surface area contributed by atoms with E-state index in [2.05, 4.69) is 10.2 Å². The normalized spacial score (nSPS) is 11.5. The Kier molecular flexibility index (Phi) is 2.95. The molecule has 0 spiro atoms. The number of fused-ring (bicyclic) bond motifs is 3. The van der Waals surface area contributed by atoms with E-state index in [4.69, 9.17) is 23.2 Å². The average molecular weight is 297 g/mol. The molecule has 1 aromatic carbocycles. The molecule has 0 fully saturated rings. The maximum Gasteiger partial charge on any atom is 0.262 e. The Morgan fingerprint density at radius 2 is 2.11 bits per heavy atom. The molecule has 0 atom stereocenters. The first-order valence-corrected chi connectivity index (χ1v) is 6.70. The van der Waals surface area contributed by atoms with Crippen molar-refractivity contribution in [3.8, 4) is 0 Å². The molecule has 7 heteroatoms. The fourth-order valence-corrected chi connectivity index (χ4v) is 2.55. The maximum absolute atomic E-state index is 12.4. The summed E-state index contributed by atoms with van der Waals surface area (Å²) in [6.07, 6.45) is 0. The summed E-state index contributed by atoms with van der Waals surface area (Å²) in [4.78, 5) is 12.4. The molecule has 98 valence electrons. The van der Waals surface area contributed by atoms with E-state index >= 15 is 0 Å². The van der Waals surface area contributed by atoms with Crippen molar-refractivity contribution >= 4 is 39.9 Å². The molecule has 0 aliphatic rings. The Balaban J connectivity index is 2.65. The second-order valence-corrected chi connectivity index (χ2v) is 4.80.